The van der Waals surface area contributed by atoms with Crippen LogP contribution in [0.4, 0.5) is 5.69 Å². The summed E-state index contributed by atoms with van der Waals surface area (Å²) in [6.07, 6.45) is 19.9. The van der Waals surface area contributed by atoms with Gasteiger partial charge in [0.2, 0.25) is 5.91 Å². The predicted molar refractivity (Wildman–Crippen MR) is 118 cm³/mol. The van der Waals surface area contributed by atoms with Gasteiger partial charge in [-0.2, -0.15) is 0 Å². The summed E-state index contributed by atoms with van der Waals surface area (Å²) >= 11 is 0. The normalized spacial score (nSPS) is 10.9. The molecule has 0 heterocycles. The van der Waals surface area contributed by atoms with E-state index >= 15 is 0 Å². The molecule has 0 aliphatic carbocycles. The van der Waals surface area contributed by atoms with Crippen LogP contribution in [-0.4, -0.2) is 16.1 Å². The van der Waals surface area contributed by atoms with Crippen molar-refractivity contribution in [2.24, 2.45) is 0 Å². The van der Waals surface area contributed by atoms with E-state index in [4.69, 9.17) is 0 Å². The van der Waals surface area contributed by atoms with E-state index < -0.39 is 0 Å². The third kappa shape index (κ3) is 11.9. The summed E-state index contributed by atoms with van der Waals surface area (Å²) in [6.45, 7) is 2.27. The number of unbranched alkanes of at least 4 members (excludes halogenated alkanes) is 14. The van der Waals surface area contributed by atoms with E-state index in [0.717, 1.165) is 12.8 Å². The van der Waals surface area contributed by atoms with Gasteiger partial charge in [-0.25, -0.2) is 0 Å². The Labute approximate surface area is 171 Å². The van der Waals surface area contributed by atoms with Crippen molar-refractivity contribution in [3.05, 3.63) is 18.2 Å². The first-order valence-electron chi connectivity index (χ1n) is 11.5. The van der Waals surface area contributed by atoms with Gasteiger partial charge in [-0.05, 0) is 18.6 Å². The summed E-state index contributed by atoms with van der Waals surface area (Å²) in [5.74, 6) is -0.374. The topological polar surface area (TPSA) is 69.6 Å². The molecule has 0 spiro atoms. The molecule has 4 nitrogen and oxygen atoms in total. The molecular formula is C24H41NO3. The van der Waals surface area contributed by atoms with E-state index in [1.165, 1.54) is 102 Å². The fraction of sp³-hybridized carbons (Fsp3) is 0.708. The van der Waals surface area contributed by atoms with Crippen molar-refractivity contribution in [2.45, 2.75) is 110 Å². The lowest BCUT2D eigenvalue weighted by molar-refractivity contribution is -0.116. The maximum Gasteiger partial charge on any atom is 0.224 e. The maximum absolute atomic E-state index is 11.9. The monoisotopic (exact) mass is 391 g/mol. The zero-order chi connectivity index (χ0) is 20.5. The van der Waals surface area contributed by atoms with Crippen molar-refractivity contribution in [2.75, 3.05) is 5.32 Å². The Bertz CT molecular complexity index is 510. The molecule has 1 aromatic rings. The summed E-state index contributed by atoms with van der Waals surface area (Å²) < 4.78 is 0. The molecule has 0 bridgehead atoms. The van der Waals surface area contributed by atoms with Gasteiger partial charge in [0.05, 0.1) is 0 Å². The number of carbonyl (C=O) groups excluding carboxylic acids is 1. The quantitative estimate of drug-likeness (QED) is 0.193. The first-order valence-corrected chi connectivity index (χ1v) is 11.5. The minimum absolute atomic E-state index is 0.105. The van der Waals surface area contributed by atoms with Gasteiger partial charge in [-0.3, -0.25) is 4.79 Å². The third-order valence-corrected chi connectivity index (χ3v) is 5.29. The van der Waals surface area contributed by atoms with Crippen molar-refractivity contribution in [1.29, 1.82) is 0 Å². The second kappa shape index (κ2) is 16.3. The maximum atomic E-state index is 11.9. The fourth-order valence-corrected chi connectivity index (χ4v) is 3.52. The number of phenolic OH excluding ortho intramolecular Hbond substituents is 2. The van der Waals surface area contributed by atoms with Crippen LogP contribution in [0.3, 0.4) is 0 Å². The van der Waals surface area contributed by atoms with Crippen molar-refractivity contribution in [1.82, 2.24) is 0 Å². The van der Waals surface area contributed by atoms with E-state index in [1.54, 1.807) is 0 Å². The Morgan fingerprint density at radius 2 is 1.11 bits per heavy atom. The molecule has 0 aromatic heterocycles. The Hall–Kier alpha value is -1.71. The molecule has 1 rings (SSSR count). The van der Waals surface area contributed by atoms with E-state index in [9.17, 15) is 15.0 Å². The van der Waals surface area contributed by atoms with Crippen LogP contribution >= 0.6 is 0 Å². The number of phenols is 2. The van der Waals surface area contributed by atoms with Gasteiger partial charge in [-0.15, -0.1) is 0 Å². The lowest BCUT2D eigenvalue weighted by atomic mass is 10.0. The van der Waals surface area contributed by atoms with E-state index in [1.807, 2.05) is 0 Å². The zero-order valence-electron chi connectivity index (χ0n) is 17.8. The number of aromatic hydroxyl groups is 2. The minimum Gasteiger partial charge on any atom is -0.506 e. The number of benzene rings is 1. The van der Waals surface area contributed by atoms with Crippen LogP contribution in [0.5, 0.6) is 11.5 Å². The van der Waals surface area contributed by atoms with Crippen LogP contribution in [0.2, 0.25) is 0 Å². The molecule has 28 heavy (non-hydrogen) atoms. The van der Waals surface area contributed by atoms with Crippen LogP contribution in [0.25, 0.3) is 0 Å². The van der Waals surface area contributed by atoms with Crippen molar-refractivity contribution in [3.63, 3.8) is 0 Å². The summed E-state index contributed by atoms with van der Waals surface area (Å²) in [6, 6.07) is 4.43. The second-order valence-electron chi connectivity index (χ2n) is 7.92. The largest absolute Gasteiger partial charge is 0.506 e. The molecule has 0 radical (unpaired) electrons. The molecule has 0 unspecified atom stereocenters. The highest BCUT2D eigenvalue weighted by atomic mass is 16.3. The van der Waals surface area contributed by atoms with Gasteiger partial charge in [0.25, 0.3) is 0 Å². The zero-order valence-corrected chi connectivity index (χ0v) is 17.8. The van der Waals surface area contributed by atoms with Gasteiger partial charge in [0, 0.05) is 6.42 Å². The standard InChI is InChI=1S/C24H41NO3/c1-2-3-4-5-6-7-8-9-10-11-12-13-14-15-16-20-23(28)25-24-21(26)18-17-19-22(24)27/h17-19,26-27H,2-16,20H2,1H3,(H,25,28). The molecule has 0 saturated heterocycles. The van der Waals surface area contributed by atoms with E-state index in [0.29, 0.717) is 6.42 Å². The van der Waals surface area contributed by atoms with E-state index in [-0.39, 0.29) is 23.1 Å². The fourth-order valence-electron chi connectivity index (χ4n) is 3.52. The van der Waals surface area contributed by atoms with Gasteiger partial charge in [0.1, 0.15) is 17.2 Å². The smallest absolute Gasteiger partial charge is 0.224 e. The predicted octanol–water partition coefficient (Wildman–Crippen LogP) is 7.30. The van der Waals surface area contributed by atoms with Gasteiger partial charge < -0.3 is 15.5 Å². The lowest BCUT2D eigenvalue weighted by Gasteiger charge is -2.09. The number of carbonyl (C=O) groups is 1. The molecule has 0 aliphatic rings. The second-order valence-corrected chi connectivity index (χ2v) is 7.92. The summed E-state index contributed by atoms with van der Waals surface area (Å²) in [5, 5.41) is 21.9. The molecular weight excluding hydrogens is 350 g/mol. The highest BCUT2D eigenvalue weighted by Crippen LogP contribution is 2.32. The Morgan fingerprint density at radius 1 is 0.714 bits per heavy atom. The number of rotatable bonds is 17. The van der Waals surface area contributed by atoms with Crippen molar-refractivity contribution in [3.8, 4) is 11.5 Å². The highest BCUT2D eigenvalue weighted by molar-refractivity contribution is 5.93. The van der Waals surface area contributed by atoms with E-state index in [2.05, 4.69) is 12.2 Å². The molecule has 160 valence electrons. The summed E-state index contributed by atoms with van der Waals surface area (Å²) in [7, 11) is 0. The van der Waals surface area contributed by atoms with Crippen molar-refractivity contribution < 1.29 is 15.0 Å². The summed E-state index contributed by atoms with van der Waals surface area (Å²) in [5.41, 5.74) is 0.105. The van der Waals surface area contributed by atoms with Crippen LogP contribution in [0.15, 0.2) is 18.2 Å². The van der Waals surface area contributed by atoms with Crippen LogP contribution in [0, 0.1) is 0 Å². The Morgan fingerprint density at radius 3 is 1.54 bits per heavy atom. The molecule has 0 atom stereocenters. The number of hydrogen-bond acceptors (Lipinski definition) is 3. The molecule has 4 heteroatoms. The average Bonchev–Trinajstić information content (AvgIpc) is 2.68. The molecule has 0 aliphatic heterocycles. The molecule has 1 aromatic carbocycles. The SMILES string of the molecule is CCCCCCCCCCCCCCCCCC(=O)Nc1c(O)cccc1O. The Balaban J connectivity index is 1.88. The number of hydrogen-bond donors (Lipinski definition) is 3. The number of amides is 1. The average molecular weight is 392 g/mol. The summed E-state index contributed by atoms with van der Waals surface area (Å²) in [4.78, 5) is 11.9. The minimum atomic E-state index is -0.161. The molecule has 1 amide bonds. The van der Waals surface area contributed by atoms with Crippen LogP contribution in [-0.2, 0) is 4.79 Å². The van der Waals surface area contributed by atoms with Gasteiger partial charge >= 0.3 is 0 Å². The Kier molecular flexibility index (Phi) is 14.1. The molecule has 3 N–H and O–H groups in total. The molecule has 0 fully saturated rings. The number of nitrogens with one attached hydrogen (secondary N) is 1. The first-order chi connectivity index (χ1) is 13.6. The number of anilines is 1. The van der Waals surface area contributed by atoms with Crippen LogP contribution in [0.1, 0.15) is 110 Å². The van der Waals surface area contributed by atoms with Gasteiger partial charge in [-0.1, -0.05) is 103 Å². The van der Waals surface area contributed by atoms with Crippen LogP contribution < -0.4 is 5.32 Å². The number of para-hydroxylation sites is 1. The highest BCUT2D eigenvalue weighted by Gasteiger charge is 2.10. The lowest BCUT2D eigenvalue weighted by Crippen LogP contribution is -2.11. The van der Waals surface area contributed by atoms with Crippen molar-refractivity contribution >= 4 is 11.6 Å². The molecule has 0 saturated carbocycles. The third-order valence-electron chi connectivity index (χ3n) is 5.29. The first kappa shape index (κ1) is 24.3. The van der Waals surface area contributed by atoms with Gasteiger partial charge in [0.15, 0.2) is 0 Å².